The first-order chi connectivity index (χ1) is 5.29. The van der Waals surface area contributed by atoms with Gasteiger partial charge in [-0.15, -0.1) is 0 Å². The summed E-state index contributed by atoms with van der Waals surface area (Å²) in [7, 11) is 0. The lowest BCUT2D eigenvalue weighted by Gasteiger charge is -1.88. The highest BCUT2D eigenvalue weighted by Crippen LogP contribution is 2.21. The second kappa shape index (κ2) is 2.20. The van der Waals surface area contributed by atoms with E-state index in [9.17, 15) is 4.39 Å². The van der Waals surface area contributed by atoms with Crippen molar-refractivity contribution in [3.63, 3.8) is 0 Å². The number of nitrogens with one attached hydrogen (secondary N) is 1. The van der Waals surface area contributed by atoms with Crippen LogP contribution >= 0.6 is 11.6 Å². The van der Waals surface area contributed by atoms with E-state index >= 15 is 0 Å². The maximum Gasteiger partial charge on any atom is 0.158 e. The van der Waals surface area contributed by atoms with Crippen LogP contribution < -0.4 is 0 Å². The lowest BCUT2D eigenvalue weighted by atomic mass is 10.2. The third-order valence-corrected chi connectivity index (χ3v) is 1.79. The molecular weight excluding hydrogens is 167 g/mol. The largest absolute Gasteiger partial charge is 0.273 e. The van der Waals surface area contributed by atoms with Gasteiger partial charge in [0.05, 0.1) is 0 Å². The summed E-state index contributed by atoms with van der Waals surface area (Å²) in [5, 5.41) is 7.08. The topological polar surface area (TPSA) is 28.7 Å². The molecule has 0 atom stereocenters. The molecule has 0 bridgehead atoms. The van der Waals surface area contributed by atoms with Gasteiger partial charge in [0.25, 0.3) is 0 Å². The molecule has 0 radical (unpaired) electrons. The highest BCUT2D eigenvalue weighted by molar-refractivity contribution is 6.34. The number of hydrogen-bond donors (Lipinski definition) is 1. The van der Waals surface area contributed by atoms with Crippen molar-refractivity contribution < 1.29 is 4.39 Å². The van der Waals surface area contributed by atoms with E-state index in [-0.39, 0.29) is 5.82 Å². The Labute approximate surface area is 67.0 Å². The second-order valence-corrected chi connectivity index (χ2v) is 2.53. The summed E-state index contributed by atoms with van der Waals surface area (Å²) in [6.45, 7) is 0. The number of halogens is 2. The molecule has 11 heavy (non-hydrogen) atoms. The van der Waals surface area contributed by atoms with E-state index in [0.29, 0.717) is 16.1 Å². The molecule has 2 rings (SSSR count). The molecule has 0 aliphatic heterocycles. The van der Waals surface area contributed by atoms with Crippen LogP contribution in [0.4, 0.5) is 4.39 Å². The van der Waals surface area contributed by atoms with Crippen LogP contribution in [0.1, 0.15) is 0 Å². The predicted octanol–water partition coefficient (Wildman–Crippen LogP) is 2.36. The second-order valence-electron chi connectivity index (χ2n) is 2.18. The molecule has 0 aliphatic rings. The summed E-state index contributed by atoms with van der Waals surface area (Å²) in [5.41, 5.74) is 0.359. The van der Waals surface area contributed by atoms with Crippen LogP contribution in [0.5, 0.6) is 0 Å². The summed E-state index contributed by atoms with van der Waals surface area (Å²) in [6.07, 6.45) is 0. The zero-order valence-corrected chi connectivity index (χ0v) is 6.19. The van der Waals surface area contributed by atoms with Gasteiger partial charge < -0.3 is 0 Å². The fraction of sp³-hybridized carbons (Fsp3) is 0. The Morgan fingerprint density at radius 3 is 3.00 bits per heavy atom. The Morgan fingerprint density at radius 2 is 2.27 bits per heavy atom. The predicted molar refractivity (Wildman–Crippen MR) is 41.1 cm³/mol. The fourth-order valence-corrected chi connectivity index (χ4v) is 1.17. The highest BCUT2D eigenvalue weighted by atomic mass is 35.5. The fourth-order valence-electron chi connectivity index (χ4n) is 0.975. The van der Waals surface area contributed by atoms with Gasteiger partial charge in [0.1, 0.15) is 11.3 Å². The number of aromatic amines is 1. The van der Waals surface area contributed by atoms with E-state index in [1.54, 1.807) is 12.1 Å². The molecule has 0 spiro atoms. The molecule has 1 heterocycles. The van der Waals surface area contributed by atoms with Crippen LogP contribution in [-0.4, -0.2) is 10.2 Å². The maximum absolute atomic E-state index is 12.9. The van der Waals surface area contributed by atoms with Gasteiger partial charge in [-0.25, -0.2) is 4.39 Å². The molecule has 56 valence electrons. The lowest BCUT2D eigenvalue weighted by molar-refractivity contribution is 0.636. The summed E-state index contributed by atoms with van der Waals surface area (Å²) in [4.78, 5) is 0. The van der Waals surface area contributed by atoms with Crippen LogP contribution in [0, 0.1) is 5.82 Å². The Kier molecular flexibility index (Phi) is 1.32. The number of aromatic nitrogens is 2. The van der Waals surface area contributed by atoms with Gasteiger partial charge in [0.2, 0.25) is 0 Å². The molecule has 0 saturated carbocycles. The highest BCUT2D eigenvalue weighted by Gasteiger charge is 2.05. The van der Waals surface area contributed by atoms with E-state index in [1.807, 2.05) is 0 Å². The van der Waals surface area contributed by atoms with E-state index < -0.39 is 0 Å². The van der Waals surface area contributed by atoms with Crippen molar-refractivity contribution in [1.82, 2.24) is 10.2 Å². The van der Waals surface area contributed by atoms with Gasteiger partial charge in [0.15, 0.2) is 5.15 Å². The minimum Gasteiger partial charge on any atom is -0.273 e. The number of hydrogen-bond acceptors (Lipinski definition) is 1. The van der Waals surface area contributed by atoms with E-state index in [4.69, 9.17) is 11.6 Å². The van der Waals surface area contributed by atoms with E-state index in [2.05, 4.69) is 10.2 Å². The Hall–Kier alpha value is -1.09. The summed E-state index contributed by atoms with van der Waals surface area (Å²) in [6, 6.07) is 4.67. The molecular formula is C7H4ClFN2. The maximum atomic E-state index is 12.9. The molecule has 0 saturated heterocycles. The molecule has 1 aromatic heterocycles. The monoisotopic (exact) mass is 170 g/mol. The minimum atomic E-state index is -0.332. The van der Waals surface area contributed by atoms with Crippen LogP contribution in [0.2, 0.25) is 5.15 Å². The number of nitrogens with zero attached hydrogens (tertiary/aromatic N) is 1. The molecule has 0 aliphatic carbocycles. The zero-order valence-electron chi connectivity index (χ0n) is 5.44. The Morgan fingerprint density at radius 1 is 1.45 bits per heavy atom. The Balaban J connectivity index is 2.94. The van der Waals surface area contributed by atoms with Gasteiger partial charge in [-0.1, -0.05) is 17.7 Å². The van der Waals surface area contributed by atoms with Crippen molar-refractivity contribution in [2.75, 3.05) is 0 Å². The quantitative estimate of drug-likeness (QED) is 0.646. The number of rotatable bonds is 0. The lowest BCUT2D eigenvalue weighted by Crippen LogP contribution is -1.75. The van der Waals surface area contributed by atoms with Crippen molar-refractivity contribution in [1.29, 1.82) is 0 Å². The number of para-hydroxylation sites is 1. The first-order valence-electron chi connectivity index (χ1n) is 3.07. The normalized spacial score (nSPS) is 10.7. The SMILES string of the molecule is Fc1cccc2c(Cl)n[nH]c12. The van der Waals surface area contributed by atoms with Crippen LogP contribution in [0.15, 0.2) is 18.2 Å². The number of H-pyrrole nitrogens is 1. The van der Waals surface area contributed by atoms with Gasteiger partial charge >= 0.3 is 0 Å². The molecule has 1 N–H and O–H groups in total. The average Bonchev–Trinajstić information content (AvgIpc) is 2.35. The zero-order chi connectivity index (χ0) is 7.84. The number of fused-ring (bicyclic) bond motifs is 1. The summed E-state index contributed by atoms with van der Waals surface area (Å²) in [5.74, 6) is -0.332. The first kappa shape index (κ1) is 6.61. The van der Waals surface area contributed by atoms with E-state index in [0.717, 1.165) is 0 Å². The summed E-state index contributed by atoms with van der Waals surface area (Å²) < 4.78 is 12.9. The molecule has 2 nitrogen and oxygen atoms in total. The average molecular weight is 171 g/mol. The standard InChI is InChI=1S/C7H4ClFN2/c8-7-4-2-1-3-5(9)6(4)10-11-7/h1-3H,(H,10,11). The van der Waals surface area contributed by atoms with Crippen molar-refractivity contribution in [2.45, 2.75) is 0 Å². The van der Waals surface area contributed by atoms with Crippen molar-refractivity contribution in [3.8, 4) is 0 Å². The Bertz CT molecular complexity index is 396. The molecule has 0 fully saturated rings. The number of benzene rings is 1. The third-order valence-electron chi connectivity index (χ3n) is 1.50. The van der Waals surface area contributed by atoms with Gasteiger partial charge in [-0.05, 0) is 12.1 Å². The van der Waals surface area contributed by atoms with Gasteiger partial charge in [-0.2, -0.15) is 5.10 Å². The molecule has 0 unspecified atom stereocenters. The van der Waals surface area contributed by atoms with Crippen molar-refractivity contribution in [3.05, 3.63) is 29.2 Å². The smallest absolute Gasteiger partial charge is 0.158 e. The molecule has 4 heteroatoms. The van der Waals surface area contributed by atoms with Crippen LogP contribution in [-0.2, 0) is 0 Å². The summed E-state index contributed by atoms with van der Waals surface area (Å²) >= 11 is 5.64. The van der Waals surface area contributed by atoms with Crippen LogP contribution in [0.25, 0.3) is 10.9 Å². The minimum absolute atomic E-state index is 0.305. The third kappa shape index (κ3) is 0.886. The molecule has 2 aromatic rings. The van der Waals surface area contributed by atoms with Gasteiger partial charge in [-0.3, -0.25) is 5.10 Å². The van der Waals surface area contributed by atoms with Crippen LogP contribution in [0.3, 0.4) is 0 Å². The van der Waals surface area contributed by atoms with Crippen molar-refractivity contribution >= 4 is 22.5 Å². The molecule has 0 amide bonds. The van der Waals surface area contributed by atoms with Crippen molar-refractivity contribution in [2.24, 2.45) is 0 Å². The van der Waals surface area contributed by atoms with Gasteiger partial charge in [0, 0.05) is 5.39 Å². The van der Waals surface area contributed by atoms with E-state index in [1.165, 1.54) is 6.07 Å². The first-order valence-corrected chi connectivity index (χ1v) is 3.45. The molecule has 1 aromatic carbocycles.